The van der Waals surface area contributed by atoms with E-state index in [1.807, 2.05) is 88.4 Å². The maximum atomic E-state index is 11.5. The van der Waals surface area contributed by atoms with Crippen molar-refractivity contribution in [2.24, 2.45) is 11.8 Å². The van der Waals surface area contributed by atoms with Crippen LogP contribution >= 0.6 is 0 Å². The van der Waals surface area contributed by atoms with Crippen LogP contribution in [0.5, 0.6) is 0 Å². The lowest BCUT2D eigenvalue weighted by atomic mass is 9.96. The van der Waals surface area contributed by atoms with Gasteiger partial charge in [0, 0.05) is 37.1 Å². The maximum absolute atomic E-state index is 11.5. The minimum Gasteiger partial charge on any atom is -0.550 e. The zero-order valence-corrected chi connectivity index (χ0v) is 31.8. The standard InChI is InChI=1S/2C16H23NO4.C6H8O7/c2*1-12(2)15(17)16(19)20-10-6-9-14(18)21-11-13-7-4-3-5-8-13;7-3(8)1-6(13,5(11)12)2-4(9)10/h2*3-5,7-8,12,15H,6,9-11,17H2,1-2H3;13H,1-2H2,(H,7,8)(H,9,10)(H,11,12)/t2*15-;/m00./s1. The zero-order chi connectivity index (χ0) is 42.0. The average molecular weight is 779 g/mol. The SMILES string of the molecule is CC(C)[C@H]([NH3+])C(=O)OCCCC(=O)OCc1ccccc1.CC(C)[C@H]([NH3+])C(=O)OCCCC(=O)OCc1ccccc1.O=C([O-])CC(O)(CC(=O)O)C(=O)[O-]. The molecule has 0 saturated heterocycles. The molecule has 0 aliphatic carbocycles. The molecule has 17 heteroatoms. The third kappa shape index (κ3) is 23.8. The van der Waals surface area contributed by atoms with Crippen molar-refractivity contribution in [3.8, 4) is 0 Å². The number of aliphatic carboxylic acids is 3. The van der Waals surface area contributed by atoms with Crippen molar-refractivity contribution in [3.63, 3.8) is 0 Å². The van der Waals surface area contributed by atoms with Crippen LogP contribution in [0.15, 0.2) is 60.7 Å². The summed E-state index contributed by atoms with van der Waals surface area (Å²) >= 11 is 0. The predicted octanol–water partition coefficient (Wildman–Crippen LogP) is -1.28. The molecule has 0 aliphatic heterocycles. The van der Waals surface area contributed by atoms with Gasteiger partial charge in [-0.1, -0.05) is 88.4 Å². The number of carbonyl (C=O) groups excluding carboxylic acids is 6. The molecule has 0 radical (unpaired) electrons. The molecule has 306 valence electrons. The van der Waals surface area contributed by atoms with Crippen LogP contribution < -0.4 is 21.7 Å². The largest absolute Gasteiger partial charge is 0.550 e. The number of hydrogen-bond donors (Lipinski definition) is 4. The Balaban J connectivity index is 0.000000821. The quantitative estimate of drug-likeness (QED) is 0.0652. The summed E-state index contributed by atoms with van der Waals surface area (Å²) in [6.45, 7) is 8.65. The van der Waals surface area contributed by atoms with E-state index in [1.165, 1.54) is 0 Å². The van der Waals surface area contributed by atoms with Crippen LogP contribution in [0.25, 0.3) is 0 Å². The molecular formula is C38H54N2O15. The van der Waals surface area contributed by atoms with Crippen LogP contribution in [0.3, 0.4) is 0 Å². The molecule has 55 heavy (non-hydrogen) atoms. The molecule has 0 aliphatic rings. The van der Waals surface area contributed by atoms with Crippen molar-refractivity contribution in [2.75, 3.05) is 13.2 Å². The molecule has 2 aromatic carbocycles. The number of aliphatic hydroxyl groups is 1. The molecule has 17 nitrogen and oxygen atoms in total. The Bertz CT molecular complexity index is 1380. The number of carboxylic acid groups (broad SMARTS) is 3. The Labute approximate surface area is 319 Å². The first-order valence-corrected chi connectivity index (χ1v) is 17.5. The van der Waals surface area contributed by atoms with E-state index in [9.17, 15) is 43.8 Å². The number of rotatable bonds is 21. The molecule has 0 fully saturated rings. The van der Waals surface area contributed by atoms with Gasteiger partial charge in [-0.2, -0.15) is 0 Å². The molecular weight excluding hydrogens is 724 g/mol. The number of carboxylic acids is 3. The fourth-order valence-corrected chi connectivity index (χ4v) is 3.85. The van der Waals surface area contributed by atoms with Crippen molar-refractivity contribution in [1.82, 2.24) is 0 Å². The van der Waals surface area contributed by atoms with Crippen molar-refractivity contribution < 1.29 is 84.4 Å². The highest BCUT2D eigenvalue weighted by atomic mass is 16.5. The Morgan fingerprint density at radius 3 is 1.29 bits per heavy atom. The van der Waals surface area contributed by atoms with E-state index in [4.69, 9.17) is 29.2 Å². The lowest BCUT2D eigenvalue weighted by Crippen LogP contribution is -2.67. The lowest BCUT2D eigenvalue weighted by Gasteiger charge is -2.27. The van der Waals surface area contributed by atoms with Crippen LogP contribution in [-0.4, -0.2) is 82.9 Å². The second kappa shape index (κ2) is 27.2. The third-order valence-electron chi connectivity index (χ3n) is 7.50. The molecule has 0 aromatic heterocycles. The molecule has 0 amide bonds. The summed E-state index contributed by atoms with van der Waals surface area (Å²) in [5, 5.41) is 37.2. The molecule has 3 atom stereocenters. The summed E-state index contributed by atoms with van der Waals surface area (Å²) in [6, 6.07) is 18.3. The van der Waals surface area contributed by atoms with E-state index in [1.54, 1.807) is 0 Å². The fourth-order valence-electron chi connectivity index (χ4n) is 3.85. The van der Waals surface area contributed by atoms with Gasteiger partial charge in [-0.3, -0.25) is 14.4 Å². The van der Waals surface area contributed by atoms with Gasteiger partial charge in [0.15, 0.2) is 12.1 Å². The van der Waals surface area contributed by atoms with Crippen LogP contribution in [0.1, 0.15) is 77.3 Å². The van der Waals surface area contributed by atoms with Crippen LogP contribution in [0.2, 0.25) is 0 Å². The first-order valence-electron chi connectivity index (χ1n) is 17.5. The minimum atomic E-state index is -2.91. The normalized spacial score (nSPS) is 12.6. The van der Waals surface area contributed by atoms with Crippen molar-refractivity contribution in [1.29, 1.82) is 0 Å². The second-order valence-corrected chi connectivity index (χ2v) is 13.0. The number of esters is 4. The number of carbonyl (C=O) groups is 7. The Kier molecular flexibility index (Phi) is 24.6. The highest BCUT2D eigenvalue weighted by Crippen LogP contribution is 2.14. The minimum absolute atomic E-state index is 0.147. The highest BCUT2D eigenvalue weighted by molar-refractivity contribution is 5.86. The molecule has 0 bridgehead atoms. The fraction of sp³-hybridized carbons (Fsp3) is 0.500. The van der Waals surface area contributed by atoms with E-state index in [2.05, 4.69) is 11.5 Å². The lowest BCUT2D eigenvalue weighted by molar-refractivity contribution is -0.418. The zero-order valence-electron chi connectivity index (χ0n) is 31.8. The molecule has 0 spiro atoms. The van der Waals surface area contributed by atoms with Crippen LogP contribution in [-0.2, 0) is 65.7 Å². The van der Waals surface area contributed by atoms with E-state index in [0.717, 1.165) is 11.1 Å². The van der Waals surface area contributed by atoms with E-state index in [-0.39, 0.29) is 87.1 Å². The molecule has 2 rings (SSSR count). The molecule has 8 N–H and O–H groups in total. The predicted molar refractivity (Wildman–Crippen MR) is 188 cm³/mol. The highest BCUT2D eigenvalue weighted by Gasteiger charge is 2.32. The Hall–Kier alpha value is -5.39. The first kappa shape index (κ1) is 49.6. The van der Waals surface area contributed by atoms with Gasteiger partial charge in [0.2, 0.25) is 0 Å². The van der Waals surface area contributed by atoms with Gasteiger partial charge in [0.25, 0.3) is 0 Å². The summed E-state index contributed by atoms with van der Waals surface area (Å²) in [6.07, 6.45) is -1.16. The number of quaternary nitrogens is 2. The Morgan fingerprint density at radius 2 is 1.00 bits per heavy atom. The second-order valence-electron chi connectivity index (χ2n) is 13.0. The van der Waals surface area contributed by atoms with E-state index >= 15 is 0 Å². The smallest absolute Gasteiger partial charge is 0.365 e. The first-order chi connectivity index (χ1) is 25.8. The van der Waals surface area contributed by atoms with Gasteiger partial charge < -0.3 is 60.4 Å². The molecule has 1 unspecified atom stereocenters. The summed E-state index contributed by atoms with van der Waals surface area (Å²) < 4.78 is 20.4. The van der Waals surface area contributed by atoms with Gasteiger partial charge in [-0.25, -0.2) is 9.59 Å². The van der Waals surface area contributed by atoms with Crippen molar-refractivity contribution in [3.05, 3.63) is 71.8 Å². The van der Waals surface area contributed by atoms with Crippen LogP contribution in [0.4, 0.5) is 0 Å². The summed E-state index contributed by atoms with van der Waals surface area (Å²) in [7, 11) is 0. The monoisotopic (exact) mass is 778 g/mol. The number of ether oxygens (including phenoxy) is 4. The van der Waals surface area contributed by atoms with Gasteiger partial charge in [0.05, 0.1) is 25.6 Å². The molecule has 2 aromatic rings. The third-order valence-corrected chi connectivity index (χ3v) is 7.50. The summed E-state index contributed by atoms with van der Waals surface area (Å²) in [5.74, 6) is -6.58. The topological polar surface area (TPSA) is 298 Å². The maximum Gasteiger partial charge on any atom is 0.365 e. The van der Waals surface area contributed by atoms with Crippen molar-refractivity contribution >= 4 is 41.8 Å². The van der Waals surface area contributed by atoms with Crippen molar-refractivity contribution in [2.45, 2.75) is 97.1 Å². The summed E-state index contributed by atoms with van der Waals surface area (Å²) in [4.78, 5) is 76.3. The Morgan fingerprint density at radius 1 is 0.636 bits per heavy atom. The van der Waals surface area contributed by atoms with Gasteiger partial charge in [-0.05, 0) is 24.0 Å². The van der Waals surface area contributed by atoms with Gasteiger partial charge >= 0.3 is 29.8 Å². The van der Waals surface area contributed by atoms with Gasteiger partial charge in [0.1, 0.15) is 18.8 Å². The number of benzene rings is 2. The molecule has 0 saturated carbocycles. The van der Waals surface area contributed by atoms with Crippen LogP contribution in [0, 0.1) is 11.8 Å². The van der Waals surface area contributed by atoms with E-state index < -0.39 is 36.4 Å². The number of hydrogen-bond acceptors (Lipinski definition) is 14. The molecule has 0 heterocycles. The van der Waals surface area contributed by atoms with E-state index in [0.29, 0.717) is 12.8 Å². The average Bonchev–Trinajstić information content (AvgIpc) is 3.13. The summed E-state index contributed by atoms with van der Waals surface area (Å²) in [5.41, 5.74) is 6.49. The van der Waals surface area contributed by atoms with Gasteiger partial charge in [-0.15, -0.1) is 0 Å².